The zero-order chi connectivity index (χ0) is 30.3. The van der Waals surface area contributed by atoms with Crippen molar-refractivity contribution in [2.75, 3.05) is 25.5 Å². The van der Waals surface area contributed by atoms with Crippen molar-refractivity contribution in [2.24, 2.45) is 11.1 Å². The summed E-state index contributed by atoms with van der Waals surface area (Å²) in [5.74, 6) is 0.906. The topological polar surface area (TPSA) is 114 Å². The highest BCUT2D eigenvalue weighted by molar-refractivity contribution is 7.91. The molecule has 0 bridgehead atoms. The fraction of sp³-hybridized carbons (Fsp3) is 0.688. The van der Waals surface area contributed by atoms with Gasteiger partial charge in [0.25, 0.3) is 0 Å². The van der Waals surface area contributed by atoms with E-state index in [0.717, 1.165) is 25.7 Å². The van der Waals surface area contributed by atoms with Crippen LogP contribution < -0.4 is 15.0 Å². The minimum atomic E-state index is -3.56. The summed E-state index contributed by atoms with van der Waals surface area (Å²) in [5, 5.41) is 12.8. The van der Waals surface area contributed by atoms with Gasteiger partial charge in [0.1, 0.15) is 17.2 Å². The molecule has 0 saturated heterocycles. The highest BCUT2D eigenvalue weighted by Gasteiger charge is 2.32. The van der Waals surface area contributed by atoms with E-state index in [9.17, 15) is 18.5 Å². The molecule has 0 heterocycles. The summed E-state index contributed by atoms with van der Waals surface area (Å²) in [7, 11) is -0.625. The fourth-order valence-electron chi connectivity index (χ4n) is 5.53. The zero-order valence-electron chi connectivity index (χ0n) is 25.8. The fourth-order valence-corrected chi connectivity index (χ4v) is 7.70. The molecule has 0 aromatic heterocycles. The van der Waals surface area contributed by atoms with Crippen molar-refractivity contribution < 1.29 is 23.1 Å². The molecule has 0 aliphatic rings. The lowest BCUT2D eigenvalue weighted by Crippen LogP contribution is -2.19. The number of fused-ring (bicyclic) bond motifs is 1. The number of hydrogen-bond donors (Lipinski definition) is 2. The molecule has 8 nitrogen and oxygen atoms in total. The van der Waals surface area contributed by atoms with Crippen LogP contribution >= 0.6 is 0 Å². The number of sulfone groups is 1. The van der Waals surface area contributed by atoms with Crippen molar-refractivity contribution in [1.29, 1.82) is 0 Å². The Morgan fingerprint density at radius 1 is 0.854 bits per heavy atom. The summed E-state index contributed by atoms with van der Waals surface area (Å²) in [5.41, 5.74) is 2.98. The van der Waals surface area contributed by atoms with Gasteiger partial charge in [-0.15, -0.1) is 4.91 Å². The van der Waals surface area contributed by atoms with Gasteiger partial charge in [0.15, 0.2) is 9.84 Å². The smallest absolute Gasteiger partial charge is 0.157 e. The van der Waals surface area contributed by atoms with Gasteiger partial charge in [0, 0.05) is 5.56 Å². The standard InChI is InChI=1S/C32H52N2O6S/c1-6-7-8-9-10-11-12-13-14-15-16-17-18-29(41(37,38)22-21-24(2)3)25-23-28(39-4)30-26(33-35)19-20-27(34-36)31(30)32(25)40-5/h19-20,23-24,29,33,35H,6-18,21-22H2,1-5H3. The van der Waals surface area contributed by atoms with E-state index in [-0.39, 0.29) is 23.1 Å². The molecule has 2 aromatic carbocycles. The zero-order valence-corrected chi connectivity index (χ0v) is 26.7. The molecule has 0 radical (unpaired) electrons. The molecule has 0 aliphatic heterocycles. The van der Waals surface area contributed by atoms with Crippen molar-refractivity contribution >= 4 is 32.0 Å². The largest absolute Gasteiger partial charge is 0.496 e. The number of nitrogens with one attached hydrogen (secondary N) is 1. The first-order valence-electron chi connectivity index (χ1n) is 15.4. The van der Waals surface area contributed by atoms with Gasteiger partial charge >= 0.3 is 0 Å². The molecule has 232 valence electrons. The van der Waals surface area contributed by atoms with Crippen molar-refractivity contribution in [1.82, 2.24) is 0 Å². The molecular formula is C32H52N2O6S. The van der Waals surface area contributed by atoms with Gasteiger partial charge in [-0.05, 0) is 42.1 Å². The Morgan fingerprint density at radius 3 is 1.93 bits per heavy atom. The molecule has 0 fully saturated rings. The molecule has 0 spiro atoms. The number of methoxy groups -OCH3 is 2. The third-order valence-corrected chi connectivity index (χ3v) is 10.1. The van der Waals surface area contributed by atoms with Crippen molar-refractivity contribution in [3.63, 3.8) is 0 Å². The molecule has 1 atom stereocenters. The average Bonchev–Trinajstić information content (AvgIpc) is 2.97. The van der Waals surface area contributed by atoms with Crippen molar-refractivity contribution in [3.05, 3.63) is 28.7 Å². The Morgan fingerprint density at radius 2 is 1.44 bits per heavy atom. The van der Waals surface area contributed by atoms with E-state index in [1.54, 1.807) is 6.07 Å². The normalized spacial score (nSPS) is 12.6. The monoisotopic (exact) mass is 592 g/mol. The summed E-state index contributed by atoms with van der Waals surface area (Å²) in [6.07, 6.45) is 15.4. The minimum Gasteiger partial charge on any atom is -0.496 e. The summed E-state index contributed by atoms with van der Waals surface area (Å²) in [6.45, 7) is 6.27. The SMILES string of the molecule is CCCCCCCCCCCCCCC(c1cc(OC)c2c(NO)ccc(N=O)c2c1OC)S(=O)(=O)CCC(C)C. The first-order valence-corrected chi connectivity index (χ1v) is 17.1. The maximum absolute atomic E-state index is 13.8. The molecule has 2 rings (SSSR count). The second-order valence-electron chi connectivity index (χ2n) is 11.5. The maximum atomic E-state index is 13.8. The number of hydrogen-bond acceptors (Lipinski definition) is 8. The molecule has 0 aliphatic carbocycles. The van der Waals surface area contributed by atoms with Crippen LogP contribution in [0.1, 0.15) is 121 Å². The number of rotatable bonds is 22. The molecule has 0 saturated carbocycles. The van der Waals surface area contributed by atoms with E-state index in [4.69, 9.17) is 9.47 Å². The molecule has 41 heavy (non-hydrogen) atoms. The predicted octanol–water partition coefficient (Wildman–Crippen LogP) is 9.65. The maximum Gasteiger partial charge on any atom is 0.157 e. The predicted molar refractivity (Wildman–Crippen MR) is 170 cm³/mol. The van der Waals surface area contributed by atoms with Gasteiger partial charge in [-0.3, -0.25) is 10.7 Å². The number of benzene rings is 2. The van der Waals surface area contributed by atoms with Crippen molar-refractivity contribution in [3.8, 4) is 11.5 Å². The van der Waals surface area contributed by atoms with Gasteiger partial charge in [0.2, 0.25) is 0 Å². The lowest BCUT2D eigenvalue weighted by Gasteiger charge is -2.24. The number of unbranched alkanes of at least 4 members (excludes halogenated alkanes) is 11. The Bertz CT molecular complexity index is 1180. The van der Waals surface area contributed by atoms with Gasteiger partial charge < -0.3 is 9.47 Å². The van der Waals surface area contributed by atoms with E-state index >= 15 is 0 Å². The summed E-state index contributed by atoms with van der Waals surface area (Å²) >= 11 is 0. The van der Waals surface area contributed by atoms with Crippen LogP contribution in [0.5, 0.6) is 11.5 Å². The quantitative estimate of drug-likeness (QED) is 0.0794. The van der Waals surface area contributed by atoms with Crippen LogP contribution in [0.4, 0.5) is 11.4 Å². The molecular weight excluding hydrogens is 540 g/mol. The van der Waals surface area contributed by atoms with Crippen LogP contribution in [0, 0.1) is 10.8 Å². The highest BCUT2D eigenvalue weighted by atomic mass is 32.2. The van der Waals surface area contributed by atoms with E-state index in [0.29, 0.717) is 40.6 Å². The van der Waals surface area contributed by atoms with Crippen LogP contribution in [-0.2, 0) is 9.84 Å². The molecule has 1 unspecified atom stereocenters. The summed E-state index contributed by atoms with van der Waals surface area (Å²) in [6, 6.07) is 4.66. The number of ether oxygens (including phenoxy) is 2. The number of anilines is 1. The van der Waals surface area contributed by atoms with Crippen molar-refractivity contribution in [2.45, 2.75) is 116 Å². The number of nitrogens with zero attached hydrogens (tertiary/aromatic N) is 1. The lowest BCUT2D eigenvalue weighted by atomic mass is 9.96. The molecule has 2 aromatic rings. The van der Waals surface area contributed by atoms with E-state index in [2.05, 4.69) is 17.6 Å². The Labute approximate surface area is 247 Å². The van der Waals surface area contributed by atoms with Crippen LogP contribution in [-0.4, -0.2) is 33.6 Å². The highest BCUT2D eigenvalue weighted by Crippen LogP contribution is 2.49. The Kier molecular flexibility index (Phi) is 15.5. The van der Waals surface area contributed by atoms with Crippen LogP contribution in [0.25, 0.3) is 10.8 Å². The van der Waals surface area contributed by atoms with Gasteiger partial charge in [-0.2, -0.15) is 0 Å². The third-order valence-electron chi connectivity index (χ3n) is 7.93. The molecule has 0 amide bonds. The van der Waals surface area contributed by atoms with E-state index in [1.807, 2.05) is 13.8 Å². The lowest BCUT2D eigenvalue weighted by molar-refractivity contribution is 0.388. The second kappa shape index (κ2) is 18.2. The van der Waals surface area contributed by atoms with Gasteiger partial charge in [0.05, 0.1) is 41.7 Å². The first-order chi connectivity index (χ1) is 19.7. The van der Waals surface area contributed by atoms with E-state index in [1.165, 1.54) is 77.7 Å². The average molecular weight is 593 g/mol. The molecule has 2 N–H and O–H groups in total. The second-order valence-corrected chi connectivity index (χ2v) is 13.8. The summed E-state index contributed by atoms with van der Waals surface area (Å²) < 4.78 is 39.1. The first kappa shape index (κ1) is 34.8. The Balaban J connectivity index is 2.28. The summed E-state index contributed by atoms with van der Waals surface area (Å²) in [4.78, 5) is 11.8. The number of nitroso groups, excluding NO2 is 1. The van der Waals surface area contributed by atoms with Gasteiger partial charge in [-0.1, -0.05) is 97.8 Å². The Hall–Kier alpha value is -2.39. The van der Waals surface area contributed by atoms with Crippen LogP contribution in [0.2, 0.25) is 0 Å². The molecule has 9 heteroatoms. The minimum absolute atomic E-state index is 0.0636. The van der Waals surface area contributed by atoms with Crippen LogP contribution in [0.15, 0.2) is 23.4 Å². The third kappa shape index (κ3) is 10.1. The van der Waals surface area contributed by atoms with Crippen LogP contribution in [0.3, 0.4) is 0 Å². The van der Waals surface area contributed by atoms with Gasteiger partial charge in [-0.25, -0.2) is 8.42 Å². The van der Waals surface area contributed by atoms with E-state index < -0.39 is 15.1 Å².